The number of carbonyl (C=O) groups excluding carboxylic acids is 1. The van der Waals surface area contributed by atoms with Gasteiger partial charge in [-0.25, -0.2) is 8.78 Å². The highest BCUT2D eigenvalue weighted by Crippen LogP contribution is 2.16. The summed E-state index contributed by atoms with van der Waals surface area (Å²) < 4.78 is 57.3. The van der Waals surface area contributed by atoms with Crippen LogP contribution in [-0.2, 0) is 10.0 Å². The summed E-state index contributed by atoms with van der Waals surface area (Å²) in [6.45, 7) is 0. The zero-order valence-corrected chi connectivity index (χ0v) is 17.1. The molecule has 0 saturated heterocycles. The van der Waals surface area contributed by atoms with Gasteiger partial charge in [0, 0.05) is 17.1 Å². The molecule has 0 radical (unpaired) electrons. The second-order valence-corrected chi connectivity index (χ2v) is 8.27. The number of nitrogens with one attached hydrogen (secondary N) is 2. The predicted molar refractivity (Wildman–Crippen MR) is 113 cm³/mol. The number of carbonyl (C=O) groups is 1. The van der Waals surface area contributed by atoms with Crippen LogP contribution in [0.2, 0.25) is 0 Å². The molecule has 32 heavy (non-hydrogen) atoms. The Morgan fingerprint density at radius 2 is 1.59 bits per heavy atom. The lowest BCUT2D eigenvalue weighted by molar-refractivity contribution is 0.102. The van der Waals surface area contributed by atoms with Crippen molar-refractivity contribution in [2.75, 3.05) is 5.32 Å². The van der Waals surface area contributed by atoms with E-state index in [-0.39, 0.29) is 21.7 Å². The Morgan fingerprint density at radius 1 is 0.875 bits per heavy atom. The van der Waals surface area contributed by atoms with Crippen LogP contribution in [0.25, 0.3) is 11.0 Å². The van der Waals surface area contributed by atoms with Gasteiger partial charge in [-0.05, 0) is 36.4 Å². The third kappa shape index (κ3) is 4.49. The highest BCUT2D eigenvalue weighted by molar-refractivity contribution is 7.89. The summed E-state index contributed by atoms with van der Waals surface area (Å²) in [6, 6.07) is 18.6. The molecule has 7 nitrogen and oxygen atoms in total. The number of halogens is 2. The first-order valence-electron chi connectivity index (χ1n) is 9.23. The fourth-order valence-corrected chi connectivity index (χ4v) is 3.66. The van der Waals surface area contributed by atoms with Gasteiger partial charge in [0.25, 0.3) is 15.9 Å². The van der Waals surface area contributed by atoms with E-state index < -0.39 is 27.6 Å². The van der Waals surface area contributed by atoms with Crippen molar-refractivity contribution < 1.29 is 26.4 Å². The van der Waals surface area contributed by atoms with E-state index in [4.69, 9.17) is 4.42 Å². The summed E-state index contributed by atoms with van der Waals surface area (Å²) in [5, 5.41) is 6.77. The highest BCUT2D eigenvalue weighted by atomic mass is 32.2. The van der Waals surface area contributed by atoms with E-state index in [1.807, 2.05) is 4.83 Å². The average Bonchev–Trinajstić information content (AvgIpc) is 2.80. The van der Waals surface area contributed by atoms with E-state index in [1.54, 1.807) is 42.5 Å². The molecule has 0 aliphatic heterocycles. The first kappa shape index (κ1) is 21.2. The van der Waals surface area contributed by atoms with Crippen LogP contribution in [0.1, 0.15) is 10.4 Å². The Morgan fingerprint density at radius 3 is 2.34 bits per heavy atom. The molecule has 3 aromatic carbocycles. The molecule has 1 heterocycles. The summed E-state index contributed by atoms with van der Waals surface area (Å²) in [5.41, 5.74) is -0.0834. The second-order valence-electron chi connectivity index (χ2n) is 6.61. The number of anilines is 1. The number of benzene rings is 3. The molecule has 0 fully saturated rings. The molecule has 4 rings (SSSR count). The molecule has 0 saturated carbocycles. The fourth-order valence-electron chi connectivity index (χ4n) is 2.84. The minimum Gasteiger partial charge on any atom is -0.436 e. The van der Waals surface area contributed by atoms with Crippen molar-refractivity contribution >= 4 is 32.6 Å². The number of para-hydroxylation sites is 1. The zero-order valence-electron chi connectivity index (χ0n) is 16.2. The van der Waals surface area contributed by atoms with Crippen LogP contribution in [0.15, 0.2) is 93.3 Å². The lowest BCUT2D eigenvalue weighted by Gasteiger charge is -2.08. The molecule has 2 N–H and O–H groups in total. The second kappa shape index (κ2) is 8.60. The Kier molecular flexibility index (Phi) is 5.69. The molecular formula is C22H15F2N3O4S. The van der Waals surface area contributed by atoms with Crippen LogP contribution >= 0.6 is 0 Å². The molecule has 0 aliphatic rings. The SMILES string of the molecule is O=C(Nc1ccc(F)c(F)c1)c1cc2ccccc2o/c1=N/NS(=O)(=O)c1ccccc1. The van der Waals surface area contributed by atoms with Gasteiger partial charge in [0.15, 0.2) is 11.6 Å². The quantitative estimate of drug-likeness (QED) is 0.448. The molecule has 1 aromatic heterocycles. The summed E-state index contributed by atoms with van der Waals surface area (Å²) in [7, 11) is -4.02. The molecule has 4 aromatic rings. The molecule has 0 spiro atoms. The van der Waals surface area contributed by atoms with Crippen LogP contribution < -0.4 is 15.7 Å². The van der Waals surface area contributed by atoms with Crippen LogP contribution in [0.4, 0.5) is 14.5 Å². The van der Waals surface area contributed by atoms with Crippen LogP contribution in [0.5, 0.6) is 0 Å². The van der Waals surface area contributed by atoms with Crippen molar-refractivity contribution in [3.8, 4) is 0 Å². The van der Waals surface area contributed by atoms with Gasteiger partial charge in [0.05, 0.1) is 4.90 Å². The van der Waals surface area contributed by atoms with Crippen molar-refractivity contribution in [1.29, 1.82) is 0 Å². The maximum atomic E-state index is 13.5. The van der Waals surface area contributed by atoms with Gasteiger partial charge in [0.1, 0.15) is 11.1 Å². The Hall–Kier alpha value is -4.05. The fraction of sp³-hybridized carbons (Fsp3) is 0. The Bertz CT molecular complexity index is 1490. The summed E-state index contributed by atoms with van der Waals surface area (Å²) >= 11 is 0. The molecule has 0 unspecified atom stereocenters. The number of hydrogen-bond donors (Lipinski definition) is 2. The first-order valence-corrected chi connectivity index (χ1v) is 10.7. The largest absolute Gasteiger partial charge is 0.436 e. The number of nitrogens with zero attached hydrogens (tertiary/aromatic N) is 1. The lowest BCUT2D eigenvalue weighted by atomic mass is 10.1. The van der Waals surface area contributed by atoms with Crippen LogP contribution in [0.3, 0.4) is 0 Å². The first-order chi connectivity index (χ1) is 15.3. The van der Waals surface area contributed by atoms with Crippen molar-refractivity contribution in [3.63, 3.8) is 0 Å². The van der Waals surface area contributed by atoms with E-state index in [0.29, 0.717) is 11.0 Å². The van der Waals surface area contributed by atoms with Crippen molar-refractivity contribution in [2.45, 2.75) is 4.90 Å². The van der Waals surface area contributed by atoms with Crippen molar-refractivity contribution in [3.05, 3.63) is 102 Å². The monoisotopic (exact) mass is 455 g/mol. The number of sulfonamides is 1. The van der Waals surface area contributed by atoms with Crippen LogP contribution in [-0.4, -0.2) is 14.3 Å². The summed E-state index contributed by atoms with van der Waals surface area (Å²) in [6.07, 6.45) is 0. The molecule has 0 aliphatic carbocycles. The maximum Gasteiger partial charge on any atom is 0.276 e. The number of hydrogen-bond acceptors (Lipinski definition) is 5. The van der Waals surface area contributed by atoms with E-state index >= 15 is 0 Å². The molecular weight excluding hydrogens is 440 g/mol. The maximum absolute atomic E-state index is 13.5. The Labute approximate surface area is 181 Å². The van der Waals surface area contributed by atoms with Crippen LogP contribution in [0, 0.1) is 11.6 Å². The van der Waals surface area contributed by atoms with E-state index in [0.717, 1.165) is 12.1 Å². The topological polar surface area (TPSA) is 101 Å². The number of rotatable bonds is 5. The summed E-state index contributed by atoms with van der Waals surface area (Å²) in [5.74, 6) is -2.95. The van der Waals surface area contributed by atoms with Gasteiger partial charge in [-0.3, -0.25) is 4.79 Å². The zero-order chi connectivity index (χ0) is 22.7. The van der Waals surface area contributed by atoms with E-state index in [9.17, 15) is 22.0 Å². The summed E-state index contributed by atoms with van der Waals surface area (Å²) in [4.78, 5) is 14.9. The molecule has 0 atom stereocenters. The van der Waals surface area contributed by atoms with Gasteiger partial charge >= 0.3 is 0 Å². The number of fused-ring (bicyclic) bond motifs is 1. The normalized spacial score (nSPS) is 12.0. The van der Waals surface area contributed by atoms with Gasteiger partial charge in [-0.1, -0.05) is 36.4 Å². The van der Waals surface area contributed by atoms with Gasteiger partial charge in [0.2, 0.25) is 5.55 Å². The minimum absolute atomic E-state index is 0.00197. The third-order valence-corrected chi connectivity index (χ3v) is 5.62. The predicted octanol–water partition coefficient (Wildman–Crippen LogP) is 3.76. The van der Waals surface area contributed by atoms with Gasteiger partial charge in [-0.2, -0.15) is 13.2 Å². The highest BCUT2D eigenvalue weighted by Gasteiger charge is 2.16. The third-order valence-electron chi connectivity index (χ3n) is 4.40. The minimum atomic E-state index is -4.02. The van der Waals surface area contributed by atoms with E-state index in [2.05, 4.69) is 10.4 Å². The molecule has 10 heteroatoms. The van der Waals surface area contributed by atoms with Crippen molar-refractivity contribution in [2.24, 2.45) is 5.10 Å². The molecule has 162 valence electrons. The van der Waals surface area contributed by atoms with Gasteiger partial charge < -0.3 is 9.73 Å². The molecule has 1 amide bonds. The van der Waals surface area contributed by atoms with Gasteiger partial charge in [-0.15, -0.1) is 5.10 Å². The number of amides is 1. The molecule has 0 bridgehead atoms. The van der Waals surface area contributed by atoms with Crippen molar-refractivity contribution in [1.82, 2.24) is 4.83 Å². The Balaban J connectivity index is 1.75. The standard InChI is InChI=1S/C22H15F2N3O4S/c23-18-11-10-15(13-19(18)24)25-21(28)17-12-14-6-4-5-9-20(14)31-22(17)26-27-32(29,30)16-7-2-1-3-8-16/h1-13,27H,(H,25,28)/b26-22+. The smallest absolute Gasteiger partial charge is 0.276 e. The average molecular weight is 455 g/mol. The lowest BCUT2D eigenvalue weighted by Crippen LogP contribution is -2.27. The van der Waals surface area contributed by atoms with E-state index in [1.165, 1.54) is 24.3 Å².